The van der Waals surface area contributed by atoms with Crippen molar-refractivity contribution in [2.75, 3.05) is 18.5 Å². The zero-order chi connectivity index (χ0) is 28.8. The van der Waals surface area contributed by atoms with Gasteiger partial charge in [-0.15, -0.1) is 0 Å². The fourth-order valence-corrected chi connectivity index (χ4v) is 5.53. The summed E-state index contributed by atoms with van der Waals surface area (Å²) >= 11 is 2.81. The molecular formula is C28H24IN3O7S. The quantitative estimate of drug-likeness (QED) is 0.117. The molecule has 4 rings (SSSR count). The first-order valence-electron chi connectivity index (χ1n) is 12.1. The van der Waals surface area contributed by atoms with Gasteiger partial charge in [0.25, 0.3) is 22.7 Å². The van der Waals surface area contributed by atoms with Crippen LogP contribution < -0.4 is 14.8 Å². The zero-order valence-electron chi connectivity index (χ0n) is 21.5. The van der Waals surface area contributed by atoms with Crippen molar-refractivity contribution in [3.63, 3.8) is 0 Å². The van der Waals surface area contributed by atoms with Crippen LogP contribution in [0.4, 0.5) is 16.2 Å². The number of benzene rings is 3. The van der Waals surface area contributed by atoms with Crippen LogP contribution in [0.5, 0.6) is 11.5 Å². The number of carbonyl (C=O) groups is 3. The van der Waals surface area contributed by atoms with Crippen LogP contribution in [0, 0.1) is 20.6 Å². The number of thioether (sulfide) groups is 1. The average Bonchev–Trinajstić information content (AvgIpc) is 3.16. The third-order valence-corrected chi connectivity index (χ3v) is 7.38. The maximum absolute atomic E-state index is 13.1. The van der Waals surface area contributed by atoms with Crippen molar-refractivity contribution in [3.05, 3.63) is 95.9 Å². The largest absolute Gasteiger partial charge is 0.490 e. The van der Waals surface area contributed by atoms with Crippen LogP contribution in [0.1, 0.15) is 23.6 Å². The molecule has 0 bridgehead atoms. The summed E-state index contributed by atoms with van der Waals surface area (Å²) < 4.78 is 12.2. The Morgan fingerprint density at radius 3 is 2.62 bits per heavy atom. The number of anilines is 1. The molecule has 1 heterocycles. The first-order chi connectivity index (χ1) is 19.2. The van der Waals surface area contributed by atoms with Crippen molar-refractivity contribution in [2.45, 2.75) is 20.4 Å². The first-order valence-corrected chi connectivity index (χ1v) is 14.0. The van der Waals surface area contributed by atoms with Crippen molar-refractivity contribution in [1.82, 2.24) is 4.90 Å². The number of rotatable bonds is 10. The second kappa shape index (κ2) is 13.0. The van der Waals surface area contributed by atoms with Gasteiger partial charge in [0.15, 0.2) is 18.1 Å². The summed E-state index contributed by atoms with van der Waals surface area (Å²) in [6.45, 7) is 3.62. The van der Waals surface area contributed by atoms with Crippen molar-refractivity contribution in [1.29, 1.82) is 0 Å². The molecule has 0 radical (unpaired) electrons. The lowest BCUT2D eigenvalue weighted by Crippen LogP contribution is -2.27. The van der Waals surface area contributed by atoms with Gasteiger partial charge in [-0.1, -0.05) is 30.3 Å². The molecule has 1 saturated heterocycles. The van der Waals surface area contributed by atoms with E-state index in [0.29, 0.717) is 32.9 Å². The molecule has 1 N–H and O–H groups in total. The van der Waals surface area contributed by atoms with Gasteiger partial charge in [0.05, 0.1) is 26.6 Å². The molecule has 1 aliphatic heterocycles. The lowest BCUT2D eigenvalue weighted by atomic mass is 10.1. The van der Waals surface area contributed by atoms with Gasteiger partial charge in [-0.3, -0.25) is 29.4 Å². The molecule has 206 valence electrons. The molecule has 3 aromatic carbocycles. The summed E-state index contributed by atoms with van der Waals surface area (Å²) in [6.07, 6.45) is 1.56. The number of ether oxygens (including phenoxy) is 2. The molecule has 40 heavy (non-hydrogen) atoms. The van der Waals surface area contributed by atoms with Gasteiger partial charge >= 0.3 is 0 Å². The molecule has 10 nitrogen and oxygen atoms in total. The Morgan fingerprint density at radius 2 is 1.90 bits per heavy atom. The Bertz CT molecular complexity index is 1530. The van der Waals surface area contributed by atoms with Crippen LogP contribution >= 0.6 is 34.4 Å². The first kappa shape index (κ1) is 29.1. The molecule has 1 fully saturated rings. The van der Waals surface area contributed by atoms with Gasteiger partial charge in [0, 0.05) is 17.3 Å². The second-order valence-corrected chi connectivity index (χ2v) is 10.8. The van der Waals surface area contributed by atoms with Crippen molar-refractivity contribution < 1.29 is 28.8 Å². The number of nitro benzene ring substituents is 1. The molecule has 0 aliphatic carbocycles. The van der Waals surface area contributed by atoms with E-state index in [2.05, 4.69) is 27.9 Å². The van der Waals surface area contributed by atoms with Crippen molar-refractivity contribution >= 4 is 68.9 Å². The third-order valence-electron chi connectivity index (χ3n) is 5.67. The predicted octanol–water partition coefficient (Wildman–Crippen LogP) is 6.16. The maximum atomic E-state index is 13.1. The lowest BCUT2D eigenvalue weighted by molar-refractivity contribution is -0.385. The van der Waals surface area contributed by atoms with E-state index < -0.39 is 16.1 Å². The smallest absolute Gasteiger partial charge is 0.293 e. The van der Waals surface area contributed by atoms with Crippen LogP contribution in [0.25, 0.3) is 6.08 Å². The molecule has 0 aromatic heterocycles. The van der Waals surface area contributed by atoms with E-state index in [9.17, 15) is 24.5 Å². The fourth-order valence-electron chi connectivity index (χ4n) is 3.91. The minimum absolute atomic E-state index is 0.162. The second-order valence-electron chi connectivity index (χ2n) is 8.62. The molecule has 0 atom stereocenters. The topological polar surface area (TPSA) is 128 Å². The SMILES string of the molecule is CCOc1cc(/C=C2\SC(=O)N(Cc3ccccc3[N+](=O)[O-])C2=O)cc(I)c1OCC(=O)Nc1cccc(C)c1. The minimum atomic E-state index is -0.547. The van der Waals surface area contributed by atoms with Gasteiger partial charge in [-0.2, -0.15) is 0 Å². The Kier molecular flexibility index (Phi) is 9.42. The molecule has 3 aromatic rings. The Morgan fingerprint density at radius 1 is 1.12 bits per heavy atom. The standard InChI is InChI=1S/C28H24IN3O7S/c1-3-38-23-13-18(12-21(29)26(23)39-16-25(33)30-20-9-6-7-17(2)11-20)14-24-27(34)31(28(35)40-24)15-19-8-4-5-10-22(19)32(36)37/h4-14H,3,15-16H2,1-2H3,(H,30,33)/b24-14-. The fraction of sp³-hybridized carbons (Fsp3) is 0.179. The van der Waals surface area contributed by atoms with Crippen LogP contribution in [0.3, 0.4) is 0 Å². The van der Waals surface area contributed by atoms with E-state index in [1.807, 2.05) is 32.0 Å². The van der Waals surface area contributed by atoms with Crippen LogP contribution in [0.2, 0.25) is 0 Å². The van der Waals surface area contributed by atoms with Crippen molar-refractivity contribution in [3.8, 4) is 11.5 Å². The summed E-state index contributed by atoms with van der Waals surface area (Å²) in [6, 6.07) is 16.8. The summed E-state index contributed by atoms with van der Waals surface area (Å²) in [5.74, 6) is -0.124. The number of halogens is 1. The number of para-hydroxylation sites is 1. The molecular weight excluding hydrogens is 649 g/mol. The summed E-state index contributed by atoms with van der Waals surface area (Å²) in [5.41, 5.74) is 2.36. The monoisotopic (exact) mass is 673 g/mol. The predicted molar refractivity (Wildman–Crippen MR) is 160 cm³/mol. The van der Waals surface area contributed by atoms with Crippen LogP contribution in [0.15, 0.2) is 65.6 Å². The Labute approximate surface area is 248 Å². The van der Waals surface area contributed by atoms with Gasteiger partial charge in [0.1, 0.15) is 0 Å². The number of hydrogen-bond acceptors (Lipinski definition) is 8. The maximum Gasteiger partial charge on any atom is 0.293 e. The molecule has 0 spiro atoms. The molecule has 12 heteroatoms. The number of imide groups is 1. The number of hydrogen-bond donors (Lipinski definition) is 1. The van der Waals surface area contributed by atoms with Crippen molar-refractivity contribution in [2.24, 2.45) is 0 Å². The molecule has 1 aliphatic rings. The van der Waals surface area contributed by atoms with E-state index in [1.54, 1.807) is 30.3 Å². The Balaban J connectivity index is 1.51. The average molecular weight is 673 g/mol. The van der Waals surface area contributed by atoms with Gasteiger partial charge in [-0.25, -0.2) is 0 Å². The number of nitrogens with zero attached hydrogens (tertiary/aromatic N) is 2. The van der Waals surface area contributed by atoms with Crippen LogP contribution in [-0.2, 0) is 16.1 Å². The summed E-state index contributed by atoms with van der Waals surface area (Å²) in [4.78, 5) is 50.1. The Hall–Kier alpha value is -3.91. The number of nitrogens with one attached hydrogen (secondary N) is 1. The highest BCUT2D eigenvalue weighted by atomic mass is 127. The van der Waals surface area contributed by atoms with Gasteiger partial charge in [0.2, 0.25) is 0 Å². The normalized spacial score (nSPS) is 14.0. The number of amides is 3. The van der Waals surface area contributed by atoms with Crippen LogP contribution in [-0.4, -0.2) is 40.1 Å². The molecule has 3 amide bonds. The van der Waals surface area contributed by atoms with E-state index in [-0.39, 0.29) is 35.2 Å². The van der Waals surface area contributed by atoms with E-state index in [0.717, 1.165) is 22.2 Å². The highest BCUT2D eigenvalue weighted by molar-refractivity contribution is 14.1. The molecule has 0 saturated carbocycles. The highest BCUT2D eigenvalue weighted by Crippen LogP contribution is 2.38. The number of carbonyl (C=O) groups excluding carboxylic acids is 3. The van der Waals surface area contributed by atoms with E-state index in [1.165, 1.54) is 18.2 Å². The molecule has 0 unspecified atom stereocenters. The summed E-state index contributed by atoms with van der Waals surface area (Å²) in [5, 5.41) is 13.6. The van der Waals surface area contributed by atoms with E-state index >= 15 is 0 Å². The third kappa shape index (κ3) is 6.99. The minimum Gasteiger partial charge on any atom is -0.490 e. The lowest BCUT2D eigenvalue weighted by Gasteiger charge is -2.15. The highest BCUT2D eigenvalue weighted by Gasteiger charge is 2.36. The van der Waals surface area contributed by atoms with Gasteiger partial charge < -0.3 is 14.8 Å². The van der Waals surface area contributed by atoms with Gasteiger partial charge in [-0.05, 0) is 89.7 Å². The zero-order valence-corrected chi connectivity index (χ0v) is 24.5. The van der Waals surface area contributed by atoms with E-state index in [4.69, 9.17) is 9.47 Å². The number of aryl methyl sites for hydroxylation is 1. The summed E-state index contributed by atoms with van der Waals surface area (Å²) in [7, 11) is 0. The number of nitro groups is 1.